The first-order valence-corrected chi connectivity index (χ1v) is 7.46. The number of benzene rings is 1. The van der Waals surface area contributed by atoms with Crippen molar-refractivity contribution in [2.75, 3.05) is 33.4 Å². The molecule has 1 aromatic rings. The van der Waals surface area contributed by atoms with Crippen LogP contribution in [0.4, 0.5) is 0 Å². The summed E-state index contributed by atoms with van der Waals surface area (Å²) in [6.07, 6.45) is 1.22. The number of aliphatic hydroxyl groups is 2. The van der Waals surface area contributed by atoms with Gasteiger partial charge in [0.25, 0.3) is 0 Å². The Balaban J connectivity index is 2.26. The van der Waals surface area contributed by atoms with Crippen molar-refractivity contribution in [2.45, 2.75) is 25.9 Å². The number of rotatable bonds is 11. The van der Waals surface area contributed by atoms with Crippen LogP contribution in [0, 0.1) is 5.92 Å². The summed E-state index contributed by atoms with van der Waals surface area (Å²) in [5, 5.41) is 22.1. The Morgan fingerprint density at radius 2 is 1.90 bits per heavy atom. The van der Waals surface area contributed by atoms with Crippen LogP contribution in [-0.2, 0) is 0 Å². The molecule has 1 aromatic carbocycles. The normalized spacial score (nSPS) is 13.7. The molecule has 0 bridgehead atoms. The molecule has 0 saturated carbocycles. The van der Waals surface area contributed by atoms with Gasteiger partial charge in [0.05, 0.1) is 7.11 Å². The van der Waals surface area contributed by atoms with E-state index in [0.717, 1.165) is 19.4 Å². The molecule has 2 atom stereocenters. The molecule has 0 aliphatic heterocycles. The Labute approximate surface area is 126 Å². The maximum atomic E-state index is 9.91. The van der Waals surface area contributed by atoms with Crippen molar-refractivity contribution in [1.29, 1.82) is 0 Å². The fourth-order valence-corrected chi connectivity index (χ4v) is 2.07. The second kappa shape index (κ2) is 10.4. The highest BCUT2D eigenvalue weighted by atomic mass is 16.5. The smallest absolute Gasteiger partial charge is 0.161 e. The van der Waals surface area contributed by atoms with Crippen LogP contribution in [0.5, 0.6) is 11.5 Å². The van der Waals surface area contributed by atoms with Gasteiger partial charge in [-0.2, -0.15) is 0 Å². The fourth-order valence-electron chi connectivity index (χ4n) is 2.07. The van der Waals surface area contributed by atoms with E-state index in [0.29, 0.717) is 24.0 Å². The molecule has 21 heavy (non-hydrogen) atoms. The average Bonchev–Trinajstić information content (AvgIpc) is 2.52. The third-order valence-corrected chi connectivity index (χ3v) is 3.43. The number of nitrogens with one attached hydrogen (secondary N) is 1. The summed E-state index contributed by atoms with van der Waals surface area (Å²) in [5.74, 6) is 1.73. The Morgan fingerprint density at radius 1 is 1.19 bits per heavy atom. The van der Waals surface area contributed by atoms with Gasteiger partial charge in [0.15, 0.2) is 11.5 Å². The van der Waals surface area contributed by atoms with Crippen LogP contribution < -0.4 is 14.8 Å². The van der Waals surface area contributed by atoms with E-state index in [9.17, 15) is 5.11 Å². The summed E-state index contributed by atoms with van der Waals surface area (Å²) in [6, 6.07) is 7.37. The lowest BCUT2D eigenvalue weighted by molar-refractivity contribution is 0.103. The molecule has 0 spiro atoms. The third kappa shape index (κ3) is 6.80. The quantitative estimate of drug-likeness (QED) is 0.576. The second-order valence-corrected chi connectivity index (χ2v) is 5.06. The minimum atomic E-state index is -0.582. The maximum absolute atomic E-state index is 9.91. The molecule has 5 nitrogen and oxygen atoms in total. The highest BCUT2D eigenvalue weighted by molar-refractivity contribution is 5.39. The predicted molar refractivity (Wildman–Crippen MR) is 82.8 cm³/mol. The lowest BCUT2D eigenvalue weighted by atomic mass is 10.0. The number of para-hydroxylation sites is 2. The van der Waals surface area contributed by atoms with E-state index in [1.807, 2.05) is 24.3 Å². The Hall–Kier alpha value is -1.30. The summed E-state index contributed by atoms with van der Waals surface area (Å²) in [7, 11) is 1.59. The predicted octanol–water partition coefficient (Wildman–Crippen LogP) is 1.43. The number of methoxy groups -OCH3 is 1. The minimum Gasteiger partial charge on any atom is -0.493 e. The highest BCUT2D eigenvalue weighted by Gasteiger charge is 2.10. The Morgan fingerprint density at radius 3 is 2.52 bits per heavy atom. The van der Waals surface area contributed by atoms with Gasteiger partial charge in [0.1, 0.15) is 12.7 Å². The van der Waals surface area contributed by atoms with Gasteiger partial charge in [-0.05, 0) is 31.0 Å². The van der Waals surface area contributed by atoms with Gasteiger partial charge in [-0.15, -0.1) is 0 Å². The zero-order valence-corrected chi connectivity index (χ0v) is 12.9. The van der Waals surface area contributed by atoms with E-state index >= 15 is 0 Å². The molecule has 0 saturated heterocycles. The number of ether oxygens (including phenoxy) is 2. The molecule has 0 radical (unpaired) electrons. The lowest BCUT2D eigenvalue weighted by Gasteiger charge is -2.17. The van der Waals surface area contributed by atoms with Crippen molar-refractivity contribution in [3.05, 3.63) is 24.3 Å². The number of aliphatic hydroxyl groups excluding tert-OH is 2. The number of hydrogen-bond acceptors (Lipinski definition) is 5. The van der Waals surface area contributed by atoms with Crippen molar-refractivity contribution in [3.63, 3.8) is 0 Å². The van der Waals surface area contributed by atoms with Gasteiger partial charge in [-0.1, -0.05) is 25.5 Å². The minimum absolute atomic E-state index is 0.208. The molecule has 0 amide bonds. The van der Waals surface area contributed by atoms with Gasteiger partial charge in [0.2, 0.25) is 0 Å². The van der Waals surface area contributed by atoms with Crippen LogP contribution in [0.15, 0.2) is 24.3 Å². The van der Waals surface area contributed by atoms with Gasteiger partial charge in [0, 0.05) is 13.2 Å². The molecule has 0 aliphatic rings. The molecule has 0 aliphatic carbocycles. The molecule has 1 rings (SSSR count). The van der Waals surface area contributed by atoms with E-state index in [-0.39, 0.29) is 13.2 Å². The highest BCUT2D eigenvalue weighted by Crippen LogP contribution is 2.25. The standard InChI is InChI=1S/C16H27NO4/c1-3-13(8-9-18)10-17-11-14(19)12-21-16-7-5-4-6-15(16)20-2/h4-7,13-14,17-19H,3,8-12H2,1-2H3. The largest absolute Gasteiger partial charge is 0.493 e. The molecular formula is C16H27NO4. The van der Waals surface area contributed by atoms with Crippen LogP contribution in [0.25, 0.3) is 0 Å². The van der Waals surface area contributed by atoms with Crippen LogP contribution in [0.1, 0.15) is 19.8 Å². The van der Waals surface area contributed by atoms with Crippen molar-refractivity contribution in [3.8, 4) is 11.5 Å². The Bertz CT molecular complexity index is 386. The first-order valence-electron chi connectivity index (χ1n) is 7.46. The average molecular weight is 297 g/mol. The summed E-state index contributed by atoms with van der Waals surface area (Å²) >= 11 is 0. The molecular weight excluding hydrogens is 270 g/mol. The van der Waals surface area contributed by atoms with Crippen molar-refractivity contribution in [2.24, 2.45) is 5.92 Å². The Kier molecular flexibility index (Phi) is 8.82. The summed E-state index contributed by atoms with van der Waals surface area (Å²) < 4.78 is 10.8. The maximum Gasteiger partial charge on any atom is 0.161 e. The van der Waals surface area contributed by atoms with Gasteiger partial charge in [-0.25, -0.2) is 0 Å². The summed E-state index contributed by atoms with van der Waals surface area (Å²) in [6.45, 7) is 3.78. The zero-order chi connectivity index (χ0) is 15.5. The summed E-state index contributed by atoms with van der Waals surface area (Å²) in [5.41, 5.74) is 0. The van der Waals surface area contributed by atoms with E-state index in [1.54, 1.807) is 7.11 Å². The van der Waals surface area contributed by atoms with Crippen LogP contribution in [0.3, 0.4) is 0 Å². The van der Waals surface area contributed by atoms with Crippen molar-refractivity contribution < 1.29 is 19.7 Å². The lowest BCUT2D eigenvalue weighted by Crippen LogP contribution is -2.34. The van der Waals surface area contributed by atoms with Crippen LogP contribution >= 0.6 is 0 Å². The van der Waals surface area contributed by atoms with E-state index in [4.69, 9.17) is 14.6 Å². The van der Waals surface area contributed by atoms with E-state index < -0.39 is 6.10 Å². The van der Waals surface area contributed by atoms with Crippen LogP contribution in [0.2, 0.25) is 0 Å². The second-order valence-electron chi connectivity index (χ2n) is 5.06. The van der Waals surface area contributed by atoms with Crippen molar-refractivity contribution >= 4 is 0 Å². The topological polar surface area (TPSA) is 71.0 Å². The van der Waals surface area contributed by atoms with Gasteiger partial charge < -0.3 is 25.0 Å². The summed E-state index contributed by atoms with van der Waals surface area (Å²) in [4.78, 5) is 0. The zero-order valence-electron chi connectivity index (χ0n) is 12.9. The molecule has 0 heterocycles. The fraction of sp³-hybridized carbons (Fsp3) is 0.625. The monoisotopic (exact) mass is 297 g/mol. The van der Waals surface area contributed by atoms with Gasteiger partial charge >= 0.3 is 0 Å². The SMILES string of the molecule is CCC(CCO)CNCC(O)COc1ccccc1OC. The first-order chi connectivity index (χ1) is 10.2. The van der Waals surface area contributed by atoms with Gasteiger partial charge in [-0.3, -0.25) is 0 Å². The first kappa shape index (κ1) is 17.8. The van der Waals surface area contributed by atoms with E-state index in [1.165, 1.54) is 0 Å². The van der Waals surface area contributed by atoms with Crippen LogP contribution in [-0.4, -0.2) is 49.7 Å². The molecule has 5 heteroatoms. The molecule has 120 valence electrons. The molecule has 0 aromatic heterocycles. The molecule has 0 fully saturated rings. The van der Waals surface area contributed by atoms with Crippen molar-refractivity contribution in [1.82, 2.24) is 5.32 Å². The molecule has 3 N–H and O–H groups in total. The molecule has 2 unspecified atom stereocenters. The van der Waals surface area contributed by atoms with E-state index in [2.05, 4.69) is 12.2 Å². The third-order valence-electron chi connectivity index (χ3n) is 3.43. The number of hydrogen-bond donors (Lipinski definition) is 3.